The minimum Gasteiger partial charge on any atom is -0.405 e. The second-order valence-electron chi connectivity index (χ2n) is 3.79. The molecule has 0 aliphatic rings. The van der Waals surface area contributed by atoms with Gasteiger partial charge in [-0.2, -0.15) is 0 Å². The van der Waals surface area contributed by atoms with Gasteiger partial charge in [-0.05, 0) is 18.6 Å². The number of rotatable bonds is 6. The van der Waals surface area contributed by atoms with Gasteiger partial charge in [0, 0.05) is 24.8 Å². The van der Waals surface area contributed by atoms with Crippen molar-refractivity contribution in [3.63, 3.8) is 0 Å². The Balaban J connectivity index is 2.69. The van der Waals surface area contributed by atoms with Gasteiger partial charge in [-0.15, -0.1) is 13.2 Å². The summed E-state index contributed by atoms with van der Waals surface area (Å²) in [5.41, 5.74) is 0.141. The number of halogens is 3. The molecule has 2 N–H and O–H groups in total. The molecule has 0 radical (unpaired) electrons. The zero-order chi connectivity index (χ0) is 15.0. The van der Waals surface area contributed by atoms with E-state index in [0.717, 1.165) is 12.1 Å². The molecule has 7 heteroatoms. The van der Waals surface area contributed by atoms with Crippen molar-refractivity contribution in [1.82, 2.24) is 5.32 Å². The highest BCUT2D eigenvalue weighted by Crippen LogP contribution is 2.26. The van der Waals surface area contributed by atoms with E-state index in [0.29, 0.717) is 13.0 Å². The first-order valence-corrected chi connectivity index (χ1v) is 5.84. The Morgan fingerprint density at radius 2 is 2.05 bits per heavy atom. The van der Waals surface area contributed by atoms with Crippen molar-refractivity contribution in [2.75, 3.05) is 13.2 Å². The maximum atomic E-state index is 12.2. The lowest BCUT2D eigenvalue weighted by molar-refractivity contribution is -0.274. The van der Waals surface area contributed by atoms with Gasteiger partial charge in [0.2, 0.25) is 5.91 Å². The third-order valence-corrected chi connectivity index (χ3v) is 2.19. The van der Waals surface area contributed by atoms with Crippen molar-refractivity contribution in [2.45, 2.75) is 12.8 Å². The molecule has 0 spiro atoms. The molecule has 0 heterocycles. The first-order chi connectivity index (χ1) is 9.42. The van der Waals surface area contributed by atoms with Crippen LogP contribution in [0.3, 0.4) is 0 Å². The van der Waals surface area contributed by atoms with Crippen LogP contribution >= 0.6 is 0 Å². The molecule has 0 fully saturated rings. The number of aliphatic hydroxyl groups is 1. The standard InChI is InChI=1S/C13H14F3NO3/c14-13(15,16)20-11-5-2-1-4-10(11)6-7-12(19)17-8-3-9-18/h1-2,4-7,18H,3,8-9H2,(H,17,19)/b7-6+. The van der Waals surface area contributed by atoms with Crippen LogP contribution < -0.4 is 10.1 Å². The van der Waals surface area contributed by atoms with Crippen LogP contribution in [0, 0.1) is 0 Å². The molecule has 1 amide bonds. The van der Waals surface area contributed by atoms with Gasteiger partial charge >= 0.3 is 6.36 Å². The predicted octanol–water partition coefficient (Wildman–Crippen LogP) is 2.10. The van der Waals surface area contributed by atoms with Gasteiger partial charge < -0.3 is 15.2 Å². The van der Waals surface area contributed by atoms with E-state index in [2.05, 4.69) is 10.1 Å². The van der Waals surface area contributed by atoms with Crippen LogP contribution in [0.2, 0.25) is 0 Å². The van der Waals surface area contributed by atoms with Gasteiger partial charge in [-0.1, -0.05) is 18.2 Å². The van der Waals surface area contributed by atoms with Gasteiger partial charge in [0.1, 0.15) is 5.75 Å². The summed E-state index contributed by atoms with van der Waals surface area (Å²) in [6, 6.07) is 5.50. The molecule has 1 rings (SSSR count). The maximum Gasteiger partial charge on any atom is 0.573 e. The number of carbonyl (C=O) groups is 1. The molecule has 1 aromatic rings. The topological polar surface area (TPSA) is 58.6 Å². The number of ether oxygens (including phenoxy) is 1. The number of alkyl halides is 3. The maximum absolute atomic E-state index is 12.2. The molecule has 110 valence electrons. The zero-order valence-electron chi connectivity index (χ0n) is 10.5. The SMILES string of the molecule is O=C(/C=C/c1ccccc1OC(F)(F)F)NCCCO. The average Bonchev–Trinajstić information content (AvgIpc) is 2.36. The van der Waals surface area contributed by atoms with Crippen LogP contribution in [-0.4, -0.2) is 30.5 Å². The summed E-state index contributed by atoms with van der Waals surface area (Å²) in [4.78, 5) is 11.3. The molecule has 20 heavy (non-hydrogen) atoms. The fraction of sp³-hybridized carbons (Fsp3) is 0.308. The van der Waals surface area contributed by atoms with Crippen molar-refractivity contribution < 1.29 is 27.8 Å². The van der Waals surface area contributed by atoms with Crippen LogP contribution in [0.5, 0.6) is 5.75 Å². The molecule has 0 saturated carbocycles. The number of aliphatic hydroxyl groups excluding tert-OH is 1. The largest absolute Gasteiger partial charge is 0.573 e. The molecular weight excluding hydrogens is 275 g/mol. The third-order valence-electron chi connectivity index (χ3n) is 2.19. The van der Waals surface area contributed by atoms with Gasteiger partial charge in [0.15, 0.2) is 0 Å². The number of para-hydroxylation sites is 1. The minimum atomic E-state index is -4.78. The highest BCUT2D eigenvalue weighted by molar-refractivity contribution is 5.92. The molecular formula is C13H14F3NO3. The Kier molecular flexibility index (Phi) is 6.05. The first kappa shape index (κ1) is 16.0. The van der Waals surface area contributed by atoms with Gasteiger partial charge in [-0.25, -0.2) is 0 Å². The average molecular weight is 289 g/mol. The van der Waals surface area contributed by atoms with E-state index >= 15 is 0 Å². The fourth-order valence-corrected chi connectivity index (χ4v) is 1.35. The van der Waals surface area contributed by atoms with Crippen molar-refractivity contribution in [1.29, 1.82) is 0 Å². The summed E-state index contributed by atoms with van der Waals surface area (Å²) < 4.78 is 40.4. The van der Waals surface area contributed by atoms with Crippen molar-refractivity contribution in [3.8, 4) is 5.75 Å². The summed E-state index contributed by atoms with van der Waals surface area (Å²) >= 11 is 0. The van der Waals surface area contributed by atoms with Crippen LogP contribution in [0.25, 0.3) is 6.08 Å². The summed E-state index contributed by atoms with van der Waals surface area (Å²) in [6.07, 6.45) is -2.04. The Hall–Kier alpha value is -2.02. The molecule has 0 saturated heterocycles. The highest BCUT2D eigenvalue weighted by atomic mass is 19.4. The molecule has 0 aliphatic carbocycles. The monoisotopic (exact) mass is 289 g/mol. The summed E-state index contributed by atoms with van der Waals surface area (Å²) in [5.74, 6) is -0.834. The summed E-state index contributed by atoms with van der Waals surface area (Å²) in [6.45, 7) is 0.243. The van der Waals surface area contributed by atoms with Crippen molar-refractivity contribution in [2.24, 2.45) is 0 Å². The van der Waals surface area contributed by atoms with Gasteiger partial charge in [0.05, 0.1) is 0 Å². The van der Waals surface area contributed by atoms with E-state index in [4.69, 9.17) is 5.11 Å². The zero-order valence-corrected chi connectivity index (χ0v) is 10.5. The molecule has 0 aliphatic heterocycles. The lowest BCUT2D eigenvalue weighted by Crippen LogP contribution is -2.22. The lowest BCUT2D eigenvalue weighted by atomic mass is 10.2. The normalized spacial score (nSPS) is 11.6. The second-order valence-corrected chi connectivity index (χ2v) is 3.79. The number of amides is 1. The molecule has 1 aromatic carbocycles. The minimum absolute atomic E-state index is 0.0494. The van der Waals surface area contributed by atoms with Crippen LogP contribution in [-0.2, 0) is 4.79 Å². The number of benzene rings is 1. The Morgan fingerprint density at radius 3 is 2.70 bits per heavy atom. The molecule has 0 bridgehead atoms. The Morgan fingerprint density at radius 1 is 1.35 bits per heavy atom. The van der Waals surface area contributed by atoms with E-state index in [-0.39, 0.29) is 17.9 Å². The van der Waals surface area contributed by atoms with Crippen LogP contribution in [0.4, 0.5) is 13.2 Å². The van der Waals surface area contributed by atoms with E-state index in [1.807, 2.05) is 0 Å². The fourth-order valence-electron chi connectivity index (χ4n) is 1.35. The third kappa shape index (κ3) is 6.24. The Bertz CT molecular complexity index is 472. The van der Waals surface area contributed by atoms with E-state index in [9.17, 15) is 18.0 Å². The molecule has 0 unspecified atom stereocenters. The molecule has 4 nitrogen and oxygen atoms in total. The van der Waals surface area contributed by atoms with E-state index in [1.54, 1.807) is 0 Å². The quantitative estimate of drug-likeness (QED) is 0.623. The van der Waals surface area contributed by atoms with E-state index < -0.39 is 12.3 Å². The number of nitrogens with one attached hydrogen (secondary N) is 1. The lowest BCUT2D eigenvalue weighted by Gasteiger charge is -2.10. The second kappa shape index (κ2) is 7.54. The molecule has 0 atom stereocenters. The molecule has 0 aromatic heterocycles. The number of hydrogen-bond donors (Lipinski definition) is 2. The van der Waals surface area contributed by atoms with Gasteiger partial charge in [0.25, 0.3) is 0 Å². The van der Waals surface area contributed by atoms with Crippen molar-refractivity contribution in [3.05, 3.63) is 35.9 Å². The van der Waals surface area contributed by atoms with Crippen LogP contribution in [0.1, 0.15) is 12.0 Å². The number of hydrogen-bond acceptors (Lipinski definition) is 3. The van der Waals surface area contributed by atoms with Crippen LogP contribution in [0.15, 0.2) is 30.3 Å². The number of carbonyl (C=O) groups excluding carboxylic acids is 1. The van der Waals surface area contributed by atoms with E-state index in [1.165, 1.54) is 24.3 Å². The highest BCUT2D eigenvalue weighted by Gasteiger charge is 2.31. The summed E-state index contributed by atoms with van der Waals surface area (Å²) in [5, 5.41) is 11.0. The van der Waals surface area contributed by atoms with Crippen molar-refractivity contribution >= 4 is 12.0 Å². The predicted molar refractivity (Wildman–Crippen MR) is 66.9 cm³/mol. The van der Waals surface area contributed by atoms with Gasteiger partial charge in [-0.3, -0.25) is 4.79 Å². The Labute approximate surface area is 113 Å². The summed E-state index contributed by atoms with van der Waals surface area (Å²) in [7, 11) is 0. The smallest absolute Gasteiger partial charge is 0.405 e. The first-order valence-electron chi connectivity index (χ1n) is 5.84.